The van der Waals surface area contributed by atoms with E-state index in [1.807, 2.05) is 6.92 Å². The average Bonchev–Trinajstić information content (AvgIpc) is 2.82. The van der Waals surface area contributed by atoms with Crippen LogP contribution in [-0.2, 0) is 29.6 Å². The smallest absolute Gasteiger partial charge is 0.324 e. The average molecular weight is 529 g/mol. The van der Waals surface area contributed by atoms with E-state index in [2.05, 4.69) is 9.44 Å². The molecule has 0 saturated carbocycles. The van der Waals surface area contributed by atoms with Crippen molar-refractivity contribution in [1.29, 1.82) is 0 Å². The molecule has 2 rings (SSSR count). The van der Waals surface area contributed by atoms with E-state index >= 15 is 0 Å². The summed E-state index contributed by atoms with van der Waals surface area (Å²) in [7, 11) is -4.92. The Balaban J connectivity index is 2.01. The standard InChI is InChI=1S/C23H32N2O8S2/c1-5-33-23(26)20(25-35(29,30)19-13-14-21(31-3)22(16-19)32-4)8-6-7-15-24-34(27,28)18-11-9-17(2)10-12-18/h9-14,16,20,24-25H,5-8,15H2,1-4H3. The lowest BCUT2D eigenvalue weighted by molar-refractivity contribution is -0.145. The van der Waals surface area contributed by atoms with Crippen LogP contribution in [-0.4, -0.2) is 56.2 Å². The van der Waals surface area contributed by atoms with Crippen LogP contribution in [0.3, 0.4) is 0 Å². The molecule has 0 radical (unpaired) electrons. The minimum Gasteiger partial charge on any atom is -0.493 e. The van der Waals surface area contributed by atoms with Gasteiger partial charge in [0.05, 0.1) is 30.6 Å². The van der Waals surface area contributed by atoms with Crippen LogP contribution in [0.5, 0.6) is 11.5 Å². The number of carbonyl (C=O) groups is 1. The molecule has 0 heterocycles. The Morgan fingerprint density at radius 1 is 0.886 bits per heavy atom. The molecule has 2 N–H and O–H groups in total. The fraction of sp³-hybridized carbons (Fsp3) is 0.435. The number of hydrogen-bond donors (Lipinski definition) is 2. The first kappa shape index (κ1) is 28.6. The maximum Gasteiger partial charge on any atom is 0.324 e. The molecule has 0 aliphatic heterocycles. The number of benzene rings is 2. The summed E-state index contributed by atoms with van der Waals surface area (Å²) in [5, 5.41) is 0. The summed E-state index contributed by atoms with van der Waals surface area (Å²) in [6.07, 6.45) is 0.880. The maximum absolute atomic E-state index is 12.9. The molecule has 10 nitrogen and oxygen atoms in total. The van der Waals surface area contributed by atoms with Gasteiger partial charge < -0.3 is 14.2 Å². The number of aryl methyl sites for hydroxylation is 1. The van der Waals surface area contributed by atoms with Crippen molar-refractivity contribution in [2.45, 2.75) is 48.9 Å². The van der Waals surface area contributed by atoms with Crippen molar-refractivity contribution in [2.75, 3.05) is 27.4 Å². The molecule has 0 bridgehead atoms. The van der Waals surface area contributed by atoms with E-state index in [1.165, 1.54) is 44.6 Å². The van der Waals surface area contributed by atoms with Crippen LogP contribution in [0.1, 0.15) is 31.7 Å². The number of hydrogen-bond acceptors (Lipinski definition) is 8. The van der Waals surface area contributed by atoms with Crippen LogP contribution in [0.25, 0.3) is 0 Å². The third-order valence-corrected chi connectivity index (χ3v) is 8.02. The van der Waals surface area contributed by atoms with Gasteiger partial charge in [-0.2, -0.15) is 4.72 Å². The predicted octanol–water partition coefficient (Wildman–Crippen LogP) is 2.37. The Bertz CT molecular complexity index is 1200. The lowest BCUT2D eigenvalue weighted by atomic mass is 10.1. The molecule has 0 aromatic heterocycles. The molecule has 1 atom stereocenters. The first-order chi connectivity index (χ1) is 16.5. The lowest BCUT2D eigenvalue weighted by Gasteiger charge is -2.18. The zero-order chi connectivity index (χ0) is 26.1. The van der Waals surface area contributed by atoms with Gasteiger partial charge in [0.25, 0.3) is 0 Å². The molecule has 0 aliphatic rings. The molecular weight excluding hydrogens is 496 g/mol. The van der Waals surface area contributed by atoms with Gasteiger partial charge in [-0.15, -0.1) is 0 Å². The normalized spacial score (nSPS) is 12.7. The summed E-state index contributed by atoms with van der Waals surface area (Å²) in [5.74, 6) is -0.123. The minimum absolute atomic E-state index is 0.0871. The quantitative estimate of drug-likeness (QED) is 0.282. The Hall–Kier alpha value is -2.67. The summed E-state index contributed by atoms with van der Waals surface area (Å²) >= 11 is 0. The van der Waals surface area contributed by atoms with Gasteiger partial charge in [0.1, 0.15) is 6.04 Å². The first-order valence-electron chi connectivity index (χ1n) is 11.0. The van der Waals surface area contributed by atoms with Crippen molar-refractivity contribution >= 4 is 26.0 Å². The Morgan fingerprint density at radius 3 is 2.11 bits per heavy atom. The second-order valence-corrected chi connectivity index (χ2v) is 11.1. The highest BCUT2D eigenvalue weighted by Gasteiger charge is 2.27. The third kappa shape index (κ3) is 8.20. The minimum atomic E-state index is -4.08. The highest BCUT2D eigenvalue weighted by atomic mass is 32.2. The van der Waals surface area contributed by atoms with Gasteiger partial charge in [0.15, 0.2) is 11.5 Å². The van der Waals surface area contributed by atoms with Crippen LogP contribution < -0.4 is 18.9 Å². The van der Waals surface area contributed by atoms with Crippen molar-refractivity contribution in [3.8, 4) is 11.5 Å². The van der Waals surface area contributed by atoms with Crippen LogP contribution in [0.15, 0.2) is 52.3 Å². The zero-order valence-corrected chi connectivity index (χ0v) is 21.9. The van der Waals surface area contributed by atoms with Crippen molar-refractivity contribution in [1.82, 2.24) is 9.44 Å². The number of nitrogens with one attached hydrogen (secondary N) is 2. The number of rotatable bonds is 14. The molecular formula is C23H32N2O8S2. The van der Waals surface area contributed by atoms with E-state index in [1.54, 1.807) is 19.1 Å². The topological polar surface area (TPSA) is 137 Å². The van der Waals surface area contributed by atoms with Crippen molar-refractivity contribution in [3.63, 3.8) is 0 Å². The fourth-order valence-corrected chi connectivity index (χ4v) is 5.50. The summed E-state index contributed by atoms with van der Waals surface area (Å²) in [4.78, 5) is 12.5. The van der Waals surface area contributed by atoms with Crippen LogP contribution in [0, 0.1) is 6.92 Å². The number of methoxy groups -OCH3 is 2. The van der Waals surface area contributed by atoms with E-state index in [4.69, 9.17) is 14.2 Å². The van der Waals surface area contributed by atoms with Gasteiger partial charge >= 0.3 is 5.97 Å². The number of carbonyl (C=O) groups excluding carboxylic acids is 1. The highest BCUT2D eigenvalue weighted by Crippen LogP contribution is 2.29. The van der Waals surface area contributed by atoms with E-state index in [-0.39, 0.29) is 35.1 Å². The number of esters is 1. The molecule has 0 fully saturated rings. The van der Waals surface area contributed by atoms with E-state index in [0.717, 1.165) is 5.56 Å². The second-order valence-electron chi connectivity index (χ2n) is 7.65. The van der Waals surface area contributed by atoms with E-state index in [9.17, 15) is 21.6 Å². The predicted molar refractivity (Wildman–Crippen MR) is 131 cm³/mol. The molecule has 12 heteroatoms. The van der Waals surface area contributed by atoms with Crippen LogP contribution in [0.2, 0.25) is 0 Å². The maximum atomic E-state index is 12.9. The lowest BCUT2D eigenvalue weighted by Crippen LogP contribution is -2.41. The number of ether oxygens (including phenoxy) is 3. The van der Waals surface area contributed by atoms with Gasteiger partial charge in [0.2, 0.25) is 20.0 Å². The highest BCUT2D eigenvalue weighted by molar-refractivity contribution is 7.89. The zero-order valence-electron chi connectivity index (χ0n) is 20.2. The molecule has 2 aromatic rings. The first-order valence-corrected chi connectivity index (χ1v) is 14.0. The summed E-state index contributed by atoms with van der Waals surface area (Å²) in [6, 6.07) is 9.42. The van der Waals surface area contributed by atoms with E-state index < -0.39 is 32.1 Å². The molecule has 1 unspecified atom stereocenters. The van der Waals surface area contributed by atoms with Crippen molar-refractivity contribution in [3.05, 3.63) is 48.0 Å². The molecule has 194 valence electrons. The van der Waals surface area contributed by atoms with Gasteiger partial charge in [-0.3, -0.25) is 4.79 Å². The Morgan fingerprint density at radius 2 is 1.51 bits per heavy atom. The van der Waals surface area contributed by atoms with Crippen LogP contribution >= 0.6 is 0 Å². The Labute approximate surface area is 207 Å². The third-order valence-electron chi connectivity index (χ3n) is 5.08. The fourth-order valence-electron chi connectivity index (χ4n) is 3.19. The number of unbranched alkanes of at least 4 members (excludes halogenated alkanes) is 1. The van der Waals surface area contributed by atoms with Gasteiger partial charge in [-0.1, -0.05) is 17.7 Å². The largest absolute Gasteiger partial charge is 0.493 e. The van der Waals surface area contributed by atoms with Crippen molar-refractivity contribution < 1.29 is 35.8 Å². The SMILES string of the molecule is CCOC(=O)C(CCCCNS(=O)(=O)c1ccc(C)cc1)NS(=O)(=O)c1ccc(OC)c(OC)c1. The molecule has 0 amide bonds. The summed E-state index contributed by atoms with van der Waals surface area (Å²) in [6.45, 7) is 3.71. The van der Waals surface area contributed by atoms with Crippen molar-refractivity contribution in [2.24, 2.45) is 0 Å². The number of sulfonamides is 2. The Kier molecular flexibility index (Phi) is 10.5. The summed E-state index contributed by atoms with van der Waals surface area (Å²) < 4.78 is 70.8. The second kappa shape index (κ2) is 12.9. The molecule has 0 spiro atoms. The van der Waals surface area contributed by atoms with Crippen LogP contribution in [0.4, 0.5) is 0 Å². The van der Waals surface area contributed by atoms with Gasteiger partial charge in [-0.05, 0) is 57.4 Å². The van der Waals surface area contributed by atoms with E-state index in [0.29, 0.717) is 18.6 Å². The van der Waals surface area contributed by atoms with Gasteiger partial charge in [-0.25, -0.2) is 21.6 Å². The monoisotopic (exact) mass is 528 g/mol. The molecule has 0 saturated heterocycles. The van der Waals surface area contributed by atoms with Gasteiger partial charge in [0, 0.05) is 12.6 Å². The summed E-state index contributed by atoms with van der Waals surface area (Å²) in [5.41, 5.74) is 0.949. The molecule has 2 aromatic carbocycles. The molecule has 0 aliphatic carbocycles. The molecule has 35 heavy (non-hydrogen) atoms.